The number of carbonyl (C=O) groups is 2. The van der Waals surface area contributed by atoms with Gasteiger partial charge >= 0.3 is 0 Å². The maximum Gasteiger partial charge on any atom is 0.262 e. The van der Waals surface area contributed by atoms with Crippen molar-refractivity contribution in [2.45, 2.75) is 13.0 Å². The summed E-state index contributed by atoms with van der Waals surface area (Å²) in [5.41, 5.74) is 3.65. The third-order valence-corrected chi connectivity index (χ3v) is 4.03. The molecule has 0 spiro atoms. The fourth-order valence-electron chi connectivity index (χ4n) is 1.97. The van der Waals surface area contributed by atoms with Gasteiger partial charge < -0.3 is 10.1 Å². The van der Waals surface area contributed by atoms with Gasteiger partial charge in [0.1, 0.15) is 11.8 Å². The van der Waals surface area contributed by atoms with Gasteiger partial charge in [0.2, 0.25) is 0 Å². The number of hydrogen-bond donors (Lipinski definition) is 2. The molecule has 7 heteroatoms. The number of methoxy groups -OCH3 is 1. The Morgan fingerprint density at radius 1 is 1.20 bits per heavy atom. The number of carbonyl (C=O) groups excluding carboxylic acids is 2. The van der Waals surface area contributed by atoms with Crippen LogP contribution in [0.15, 0.2) is 58.1 Å². The number of nitrogens with one attached hydrogen (secondary N) is 2. The molecule has 25 heavy (non-hydrogen) atoms. The van der Waals surface area contributed by atoms with E-state index in [2.05, 4.69) is 31.8 Å². The Morgan fingerprint density at radius 2 is 1.96 bits per heavy atom. The molecule has 0 aliphatic carbocycles. The number of nitrogens with zero attached hydrogens (tertiary/aromatic N) is 1. The van der Waals surface area contributed by atoms with Gasteiger partial charge in [0.05, 0.1) is 18.9 Å². The number of amides is 2. The molecular weight excluding hydrogens is 386 g/mol. The van der Waals surface area contributed by atoms with E-state index in [4.69, 9.17) is 4.74 Å². The Kier molecular flexibility index (Phi) is 6.71. The Bertz CT molecular complexity index is 793. The largest absolute Gasteiger partial charge is 0.497 e. The van der Waals surface area contributed by atoms with Crippen LogP contribution in [-0.2, 0) is 4.79 Å². The Labute approximate surface area is 154 Å². The van der Waals surface area contributed by atoms with E-state index in [0.29, 0.717) is 15.8 Å². The molecule has 130 valence electrons. The van der Waals surface area contributed by atoms with E-state index in [1.54, 1.807) is 38.3 Å². The van der Waals surface area contributed by atoms with Gasteiger partial charge in [-0.3, -0.25) is 9.59 Å². The maximum absolute atomic E-state index is 12.2. The predicted molar refractivity (Wildman–Crippen MR) is 99.8 cm³/mol. The Hall–Kier alpha value is -2.67. The highest BCUT2D eigenvalue weighted by molar-refractivity contribution is 9.10. The minimum Gasteiger partial charge on any atom is -0.497 e. The van der Waals surface area contributed by atoms with Crippen molar-refractivity contribution in [3.8, 4) is 5.75 Å². The summed E-state index contributed by atoms with van der Waals surface area (Å²) in [5, 5.41) is 6.52. The van der Waals surface area contributed by atoms with Gasteiger partial charge in [0.25, 0.3) is 11.8 Å². The molecule has 2 aromatic carbocycles. The Balaban J connectivity index is 1.90. The Morgan fingerprint density at radius 3 is 2.68 bits per heavy atom. The third-order valence-electron chi connectivity index (χ3n) is 3.34. The lowest BCUT2D eigenvalue weighted by Crippen LogP contribution is -2.43. The van der Waals surface area contributed by atoms with Crippen LogP contribution in [0.3, 0.4) is 0 Å². The van der Waals surface area contributed by atoms with Crippen LogP contribution in [0.1, 0.15) is 22.8 Å². The van der Waals surface area contributed by atoms with E-state index >= 15 is 0 Å². The van der Waals surface area contributed by atoms with Gasteiger partial charge in [0.15, 0.2) is 0 Å². The highest BCUT2D eigenvalue weighted by Crippen LogP contribution is 2.15. The molecular formula is C18H18BrN3O3. The zero-order chi connectivity index (χ0) is 18.2. The van der Waals surface area contributed by atoms with Crippen LogP contribution in [0, 0.1) is 0 Å². The molecule has 2 rings (SSSR count). The van der Waals surface area contributed by atoms with Crippen molar-refractivity contribution in [1.29, 1.82) is 0 Å². The first kappa shape index (κ1) is 18.7. The molecule has 2 amide bonds. The van der Waals surface area contributed by atoms with E-state index in [-0.39, 0.29) is 5.91 Å². The van der Waals surface area contributed by atoms with Crippen molar-refractivity contribution in [1.82, 2.24) is 10.7 Å². The summed E-state index contributed by atoms with van der Waals surface area (Å²) in [6.07, 6.45) is 1.50. The van der Waals surface area contributed by atoms with Crippen molar-refractivity contribution < 1.29 is 14.3 Å². The van der Waals surface area contributed by atoms with E-state index in [1.807, 2.05) is 24.3 Å². The summed E-state index contributed by atoms with van der Waals surface area (Å²) in [4.78, 5) is 24.2. The molecule has 0 saturated heterocycles. The maximum atomic E-state index is 12.2. The highest BCUT2D eigenvalue weighted by atomic mass is 79.9. The van der Waals surface area contributed by atoms with Crippen LogP contribution < -0.4 is 15.5 Å². The number of halogens is 1. The summed E-state index contributed by atoms with van der Waals surface area (Å²) in [6, 6.07) is 13.5. The lowest BCUT2D eigenvalue weighted by Gasteiger charge is -2.12. The average Bonchev–Trinajstić information content (AvgIpc) is 2.62. The number of rotatable bonds is 6. The normalized spacial score (nSPS) is 11.8. The molecule has 0 saturated carbocycles. The van der Waals surface area contributed by atoms with Crippen molar-refractivity contribution in [3.63, 3.8) is 0 Å². The van der Waals surface area contributed by atoms with Crippen molar-refractivity contribution in [2.75, 3.05) is 7.11 Å². The van der Waals surface area contributed by atoms with Gasteiger partial charge in [-0.25, -0.2) is 5.43 Å². The molecule has 6 nitrogen and oxygen atoms in total. The van der Waals surface area contributed by atoms with Crippen molar-refractivity contribution in [3.05, 3.63) is 64.1 Å². The van der Waals surface area contributed by atoms with E-state index in [1.165, 1.54) is 6.21 Å². The summed E-state index contributed by atoms with van der Waals surface area (Å²) in [6.45, 7) is 1.59. The molecule has 0 aliphatic heterocycles. The van der Waals surface area contributed by atoms with Crippen molar-refractivity contribution >= 4 is 34.0 Å². The molecule has 2 aromatic rings. The van der Waals surface area contributed by atoms with E-state index in [9.17, 15) is 9.59 Å². The zero-order valence-corrected chi connectivity index (χ0v) is 15.4. The fraction of sp³-hybridized carbons (Fsp3) is 0.167. The average molecular weight is 404 g/mol. The van der Waals surface area contributed by atoms with E-state index in [0.717, 1.165) is 5.56 Å². The molecule has 1 unspecified atom stereocenters. The zero-order valence-electron chi connectivity index (χ0n) is 13.8. The molecule has 2 N–H and O–H groups in total. The molecule has 0 fully saturated rings. The van der Waals surface area contributed by atoms with Crippen molar-refractivity contribution in [2.24, 2.45) is 5.10 Å². The molecule has 0 heterocycles. The first-order chi connectivity index (χ1) is 12.0. The van der Waals surface area contributed by atoms with Gasteiger partial charge in [-0.05, 0) is 52.7 Å². The second kappa shape index (κ2) is 8.98. The summed E-state index contributed by atoms with van der Waals surface area (Å²) in [5.74, 6) is -0.0594. The van der Waals surface area contributed by atoms with Crippen LogP contribution >= 0.6 is 15.9 Å². The fourth-order valence-corrected chi connectivity index (χ4v) is 2.44. The minimum atomic E-state index is -0.734. The van der Waals surface area contributed by atoms with Crippen LogP contribution in [0.5, 0.6) is 5.75 Å². The van der Waals surface area contributed by atoms with Crippen LogP contribution in [0.25, 0.3) is 0 Å². The SMILES string of the molecule is COc1cccc(C=NNC(=O)C(C)NC(=O)c2ccccc2Br)c1. The second-order valence-electron chi connectivity index (χ2n) is 5.19. The summed E-state index contributed by atoms with van der Waals surface area (Å²) in [7, 11) is 1.58. The number of hydrogen-bond acceptors (Lipinski definition) is 4. The molecule has 0 aromatic heterocycles. The number of ether oxygens (including phenoxy) is 1. The first-order valence-corrected chi connectivity index (χ1v) is 8.33. The van der Waals surface area contributed by atoms with Gasteiger partial charge in [-0.15, -0.1) is 0 Å². The predicted octanol–water partition coefficient (Wildman–Crippen LogP) is 2.73. The summed E-state index contributed by atoms with van der Waals surface area (Å²) < 4.78 is 5.78. The lowest BCUT2D eigenvalue weighted by molar-refractivity contribution is -0.122. The monoisotopic (exact) mass is 403 g/mol. The molecule has 0 radical (unpaired) electrons. The smallest absolute Gasteiger partial charge is 0.262 e. The molecule has 0 aliphatic rings. The van der Waals surface area contributed by atoms with Gasteiger partial charge in [0, 0.05) is 4.47 Å². The number of hydrazone groups is 1. The topological polar surface area (TPSA) is 79.8 Å². The van der Waals surface area contributed by atoms with Gasteiger partial charge in [-0.2, -0.15) is 5.10 Å². The summed E-state index contributed by atoms with van der Waals surface area (Å²) >= 11 is 3.31. The quantitative estimate of drug-likeness (QED) is 0.574. The molecule has 0 bridgehead atoms. The third kappa shape index (κ3) is 5.42. The van der Waals surface area contributed by atoms with Crippen LogP contribution in [0.2, 0.25) is 0 Å². The number of benzene rings is 2. The van der Waals surface area contributed by atoms with Crippen LogP contribution in [-0.4, -0.2) is 31.2 Å². The standard InChI is InChI=1S/C18H18BrN3O3/c1-12(21-18(24)15-8-3-4-9-16(15)19)17(23)22-20-11-13-6-5-7-14(10-13)25-2/h3-12H,1-2H3,(H,21,24)(H,22,23). The lowest BCUT2D eigenvalue weighted by atomic mass is 10.2. The molecule has 1 atom stereocenters. The first-order valence-electron chi connectivity index (χ1n) is 7.53. The highest BCUT2D eigenvalue weighted by Gasteiger charge is 2.17. The van der Waals surface area contributed by atoms with Gasteiger partial charge in [-0.1, -0.05) is 24.3 Å². The van der Waals surface area contributed by atoms with Crippen LogP contribution in [0.4, 0.5) is 0 Å². The van der Waals surface area contributed by atoms with E-state index < -0.39 is 11.9 Å². The second-order valence-corrected chi connectivity index (χ2v) is 6.04. The minimum absolute atomic E-state index is 0.341.